The molecule has 0 aliphatic rings. The Kier molecular flexibility index (Phi) is 5.41. The van der Waals surface area contributed by atoms with Gasteiger partial charge in [0.2, 0.25) is 0 Å². The van der Waals surface area contributed by atoms with Crippen LogP contribution in [-0.4, -0.2) is 36.5 Å². The molecule has 0 fully saturated rings. The van der Waals surface area contributed by atoms with Gasteiger partial charge in [0, 0.05) is 24.5 Å². The summed E-state index contributed by atoms with van der Waals surface area (Å²) in [5, 5.41) is 11.6. The van der Waals surface area contributed by atoms with Gasteiger partial charge >= 0.3 is 5.97 Å². The fraction of sp³-hybridized carbons (Fsp3) is 0.286. The third kappa shape index (κ3) is 3.93. The number of carbonyl (C=O) groups is 2. The van der Waals surface area contributed by atoms with Crippen LogP contribution in [0.3, 0.4) is 0 Å². The summed E-state index contributed by atoms with van der Waals surface area (Å²) in [4.78, 5) is 25.9. The van der Waals surface area contributed by atoms with Gasteiger partial charge in [0.25, 0.3) is 5.91 Å². The molecule has 2 aromatic carbocycles. The molecule has 1 amide bonds. The summed E-state index contributed by atoms with van der Waals surface area (Å²) in [6.45, 7) is 1.83. The van der Waals surface area contributed by atoms with E-state index in [1.165, 1.54) is 11.8 Å². The monoisotopic (exact) mass is 364 g/mol. The summed E-state index contributed by atoms with van der Waals surface area (Å²) in [5.41, 5.74) is 1.43. The van der Waals surface area contributed by atoms with Crippen molar-refractivity contribution in [1.82, 2.24) is 4.90 Å². The van der Waals surface area contributed by atoms with Gasteiger partial charge in [-0.1, -0.05) is 30.3 Å². The average Bonchev–Trinajstić information content (AvgIpc) is 3.08. The fourth-order valence-corrected chi connectivity index (χ4v) is 3.09. The third-order valence-electron chi connectivity index (χ3n) is 4.47. The van der Waals surface area contributed by atoms with E-state index < -0.39 is 12.1 Å². The number of fused-ring (bicyclic) bond motifs is 3. The maximum absolute atomic E-state index is 12.4. The lowest BCUT2D eigenvalue weighted by atomic mass is 10.0. The van der Waals surface area contributed by atoms with Crippen molar-refractivity contribution in [3.05, 3.63) is 48.2 Å². The molecule has 0 bridgehead atoms. The van der Waals surface area contributed by atoms with Gasteiger partial charge in [-0.15, -0.1) is 0 Å². The van der Waals surface area contributed by atoms with Crippen LogP contribution in [0.25, 0.3) is 21.7 Å². The van der Waals surface area contributed by atoms with Crippen LogP contribution in [0.2, 0.25) is 0 Å². The first kappa shape index (κ1) is 18.5. The van der Waals surface area contributed by atoms with E-state index in [0.29, 0.717) is 12.1 Å². The van der Waals surface area contributed by atoms with E-state index >= 15 is 0 Å². The predicted octanol–water partition coefficient (Wildman–Crippen LogP) is 3.43. The van der Waals surface area contributed by atoms with Gasteiger partial charge in [0.05, 0.1) is 25.2 Å². The lowest BCUT2D eigenvalue weighted by Gasteiger charge is -2.20. The second-order valence-corrected chi connectivity index (χ2v) is 6.40. The molecule has 0 saturated heterocycles. The molecule has 3 rings (SSSR count). The van der Waals surface area contributed by atoms with E-state index in [9.17, 15) is 9.59 Å². The average molecular weight is 364 g/mol. The van der Waals surface area contributed by atoms with Crippen molar-refractivity contribution in [3.63, 3.8) is 0 Å². The largest absolute Gasteiger partial charge is 0.464 e. The van der Waals surface area contributed by atoms with Crippen LogP contribution in [0.4, 0.5) is 0 Å². The number of amides is 1. The Bertz CT molecular complexity index is 1030. The zero-order valence-electron chi connectivity index (χ0n) is 15.3. The van der Waals surface area contributed by atoms with Crippen molar-refractivity contribution in [2.75, 3.05) is 13.6 Å². The molecular formula is C21H20N2O4. The molecule has 1 aromatic heterocycles. The van der Waals surface area contributed by atoms with E-state index in [4.69, 9.17) is 14.4 Å². The Hall–Kier alpha value is -3.33. The molecule has 1 atom stereocenters. The molecule has 1 heterocycles. The van der Waals surface area contributed by atoms with Crippen LogP contribution in [0.5, 0.6) is 0 Å². The first-order valence-electron chi connectivity index (χ1n) is 8.70. The minimum absolute atomic E-state index is 0.0144. The van der Waals surface area contributed by atoms with Gasteiger partial charge in [0.15, 0.2) is 6.10 Å². The van der Waals surface area contributed by atoms with E-state index in [0.717, 1.165) is 21.7 Å². The summed E-state index contributed by atoms with van der Waals surface area (Å²) in [6.07, 6.45) is 0.901. The lowest BCUT2D eigenvalue weighted by Crippen LogP contribution is -2.38. The minimum Gasteiger partial charge on any atom is -0.464 e. The fourth-order valence-electron chi connectivity index (χ4n) is 3.09. The van der Waals surface area contributed by atoms with Crippen molar-refractivity contribution in [2.45, 2.75) is 25.9 Å². The van der Waals surface area contributed by atoms with Gasteiger partial charge in [-0.2, -0.15) is 5.26 Å². The maximum Gasteiger partial charge on any atom is 0.311 e. The molecule has 27 heavy (non-hydrogen) atoms. The van der Waals surface area contributed by atoms with Crippen LogP contribution in [0, 0.1) is 11.3 Å². The lowest BCUT2D eigenvalue weighted by molar-refractivity contribution is -0.157. The standard InChI is InChI=1S/C21H20N2O4/c1-14(21(25)23(2)11-5-10-22)27-19(24)12-16-13-26-18-9-8-15-6-3-4-7-17(15)20(16)18/h3-4,6-9,13-14H,5,11-12H2,1-2H3/t14-/m1/s1. The highest BCUT2D eigenvalue weighted by Crippen LogP contribution is 2.30. The third-order valence-corrected chi connectivity index (χ3v) is 4.47. The SMILES string of the molecule is C[C@@H](OC(=O)Cc1coc2ccc3ccccc3c12)C(=O)N(C)CCC#N. The van der Waals surface area contributed by atoms with E-state index in [2.05, 4.69) is 0 Å². The Balaban J connectivity index is 1.74. The summed E-state index contributed by atoms with van der Waals surface area (Å²) < 4.78 is 10.9. The summed E-state index contributed by atoms with van der Waals surface area (Å²) >= 11 is 0. The van der Waals surface area contributed by atoms with Crippen LogP contribution < -0.4 is 0 Å². The first-order chi connectivity index (χ1) is 13.0. The smallest absolute Gasteiger partial charge is 0.311 e. The molecule has 0 unspecified atom stereocenters. The predicted molar refractivity (Wildman–Crippen MR) is 101 cm³/mol. The second kappa shape index (κ2) is 7.92. The maximum atomic E-state index is 12.4. The highest BCUT2D eigenvalue weighted by Gasteiger charge is 2.22. The van der Waals surface area contributed by atoms with Crippen LogP contribution in [0.15, 0.2) is 47.1 Å². The molecule has 0 spiro atoms. The zero-order valence-corrected chi connectivity index (χ0v) is 15.3. The van der Waals surface area contributed by atoms with E-state index in [1.807, 2.05) is 42.5 Å². The van der Waals surface area contributed by atoms with Crippen molar-refractivity contribution in [3.8, 4) is 6.07 Å². The van der Waals surface area contributed by atoms with E-state index in [-0.39, 0.29) is 18.7 Å². The number of hydrogen-bond donors (Lipinski definition) is 0. The molecular weight excluding hydrogens is 344 g/mol. The number of rotatable bonds is 6. The minimum atomic E-state index is -0.906. The number of hydrogen-bond acceptors (Lipinski definition) is 5. The Morgan fingerprint density at radius 3 is 2.81 bits per heavy atom. The normalized spacial score (nSPS) is 11.9. The van der Waals surface area contributed by atoms with Crippen LogP contribution >= 0.6 is 0 Å². The van der Waals surface area contributed by atoms with Crippen molar-refractivity contribution in [1.29, 1.82) is 5.26 Å². The van der Waals surface area contributed by atoms with Gasteiger partial charge in [0.1, 0.15) is 5.58 Å². The van der Waals surface area contributed by atoms with Gasteiger partial charge in [-0.05, 0) is 23.8 Å². The molecule has 0 radical (unpaired) electrons. The number of nitrogens with zero attached hydrogens (tertiary/aromatic N) is 2. The molecule has 6 nitrogen and oxygen atoms in total. The molecule has 6 heteroatoms. The number of likely N-dealkylation sites (N-methyl/N-ethyl adjacent to an activating group) is 1. The summed E-state index contributed by atoms with van der Waals surface area (Å²) in [5.74, 6) is -0.832. The highest BCUT2D eigenvalue weighted by atomic mass is 16.5. The van der Waals surface area contributed by atoms with Crippen molar-refractivity contribution < 1.29 is 18.7 Å². The second-order valence-electron chi connectivity index (χ2n) is 6.40. The van der Waals surface area contributed by atoms with Gasteiger partial charge < -0.3 is 14.1 Å². The topological polar surface area (TPSA) is 83.5 Å². The number of carbonyl (C=O) groups excluding carboxylic acids is 2. The quantitative estimate of drug-likeness (QED) is 0.626. The summed E-state index contributed by atoms with van der Waals surface area (Å²) in [7, 11) is 1.58. The Morgan fingerprint density at radius 1 is 1.26 bits per heavy atom. The van der Waals surface area contributed by atoms with Crippen molar-refractivity contribution >= 4 is 33.6 Å². The number of ether oxygens (including phenoxy) is 1. The molecule has 0 saturated carbocycles. The Morgan fingerprint density at radius 2 is 2.04 bits per heavy atom. The number of esters is 1. The molecule has 0 N–H and O–H groups in total. The molecule has 3 aromatic rings. The van der Waals surface area contributed by atoms with Crippen LogP contribution in [0.1, 0.15) is 18.9 Å². The Labute approximate surface area is 156 Å². The molecule has 0 aliphatic heterocycles. The van der Waals surface area contributed by atoms with E-state index in [1.54, 1.807) is 13.3 Å². The van der Waals surface area contributed by atoms with Crippen molar-refractivity contribution in [2.24, 2.45) is 0 Å². The highest BCUT2D eigenvalue weighted by molar-refractivity contribution is 6.08. The van der Waals surface area contributed by atoms with Gasteiger partial charge in [-0.3, -0.25) is 9.59 Å². The van der Waals surface area contributed by atoms with Crippen LogP contribution in [-0.2, 0) is 20.7 Å². The summed E-state index contributed by atoms with van der Waals surface area (Å²) in [6, 6.07) is 13.7. The van der Waals surface area contributed by atoms with Gasteiger partial charge in [-0.25, -0.2) is 0 Å². The number of benzene rings is 2. The molecule has 0 aliphatic carbocycles. The zero-order chi connectivity index (χ0) is 19.4. The molecule has 138 valence electrons. The first-order valence-corrected chi connectivity index (χ1v) is 8.70. The number of nitriles is 1. The number of furan rings is 1.